The smallest absolute Gasteiger partial charge is 0.225 e. The zero-order chi connectivity index (χ0) is 19.2. The summed E-state index contributed by atoms with van der Waals surface area (Å²) in [6.07, 6.45) is 5.37. The van der Waals surface area contributed by atoms with Gasteiger partial charge in [0.05, 0.1) is 12.5 Å². The Bertz CT molecular complexity index is 644. The van der Waals surface area contributed by atoms with Gasteiger partial charge in [-0.3, -0.25) is 9.59 Å². The van der Waals surface area contributed by atoms with Gasteiger partial charge < -0.3 is 15.0 Å². The van der Waals surface area contributed by atoms with E-state index < -0.39 is 0 Å². The van der Waals surface area contributed by atoms with Crippen LogP contribution < -0.4 is 5.32 Å². The number of thiazole rings is 1. The van der Waals surface area contributed by atoms with Gasteiger partial charge >= 0.3 is 0 Å². The molecular formula is C19H29N3O3S2. The van der Waals surface area contributed by atoms with Gasteiger partial charge in [-0.05, 0) is 39.0 Å². The number of carbonyl (C=O) groups is 2. The molecule has 3 rings (SSSR count). The summed E-state index contributed by atoms with van der Waals surface area (Å²) in [5, 5.41) is 5.93. The Morgan fingerprint density at radius 3 is 2.81 bits per heavy atom. The number of nitrogens with zero attached hydrogens (tertiary/aromatic N) is 2. The Morgan fingerprint density at radius 1 is 1.37 bits per heavy atom. The lowest BCUT2D eigenvalue weighted by Gasteiger charge is -2.34. The largest absolute Gasteiger partial charge is 0.383 e. The Balaban J connectivity index is 1.41. The fourth-order valence-electron chi connectivity index (χ4n) is 3.72. The van der Waals surface area contributed by atoms with Crippen molar-refractivity contribution in [2.24, 2.45) is 5.92 Å². The molecular weight excluding hydrogens is 382 g/mol. The Hall–Kier alpha value is -1.12. The van der Waals surface area contributed by atoms with Gasteiger partial charge in [-0.25, -0.2) is 4.98 Å². The summed E-state index contributed by atoms with van der Waals surface area (Å²) in [6.45, 7) is 3.63. The first kappa shape index (κ1) is 20.6. The van der Waals surface area contributed by atoms with Crippen molar-refractivity contribution in [3.05, 3.63) is 11.1 Å². The number of amides is 2. The molecule has 1 saturated heterocycles. The van der Waals surface area contributed by atoms with E-state index in [1.54, 1.807) is 23.3 Å². The van der Waals surface area contributed by atoms with Crippen LogP contribution in [0.5, 0.6) is 0 Å². The number of piperidine rings is 1. The van der Waals surface area contributed by atoms with Gasteiger partial charge in [0.2, 0.25) is 11.8 Å². The van der Waals surface area contributed by atoms with E-state index in [0.29, 0.717) is 37.8 Å². The lowest BCUT2D eigenvalue weighted by molar-refractivity contribution is -0.139. The summed E-state index contributed by atoms with van der Waals surface area (Å²) in [7, 11) is 1.63. The van der Waals surface area contributed by atoms with Crippen LogP contribution in [-0.2, 0) is 14.3 Å². The first-order chi connectivity index (χ1) is 13.0. The zero-order valence-electron chi connectivity index (χ0n) is 16.1. The van der Waals surface area contributed by atoms with E-state index in [2.05, 4.69) is 15.7 Å². The average Bonchev–Trinajstić information content (AvgIpc) is 3.07. The number of hydrogen-bond donors (Lipinski definition) is 1. The van der Waals surface area contributed by atoms with E-state index in [1.807, 2.05) is 18.7 Å². The molecule has 2 heterocycles. The minimum absolute atomic E-state index is 0.0926. The summed E-state index contributed by atoms with van der Waals surface area (Å²) in [4.78, 5) is 31.0. The highest BCUT2D eigenvalue weighted by molar-refractivity contribution is 8.01. The molecule has 6 nitrogen and oxygen atoms in total. The van der Waals surface area contributed by atoms with Crippen molar-refractivity contribution >= 4 is 34.9 Å². The van der Waals surface area contributed by atoms with Crippen LogP contribution in [-0.4, -0.2) is 59.8 Å². The van der Waals surface area contributed by atoms with Gasteiger partial charge in [0.15, 0.2) is 0 Å². The molecule has 0 bridgehead atoms. The molecule has 1 N–H and O–H groups in total. The van der Waals surface area contributed by atoms with Crippen LogP contribution in [0.15, 0.2) is 9.72 Å². The number of thioether (sulfide) groups is 1. The van der Waals surface area contributed by atoms with Gasteiger partial charge in [-0.2, -0.15) is 0 Å². The standard InChI is InChI=1S/C19H29N3O3S2/c1-13-12-26-19(20-13)27-16-6-4-15(5-7-16)21-18(24)14-3-8-17(23)22(11-14)9-10-25-2/h12,14-16H,3-11H2,1-2H3,(H,21,24). The van der Waals surface area contributed by atoms with Crippen LogP contribution in [0.4, 0.5) is 0 Å². The first-order valence-corrected chi connectivity index (χ1v) is 11.5. The Labute approximate surface area is 169 Å². The first-order valence-electron chi connectivity index (χ1n) is 9.71. The molecule has 150 valence electrons. The number of nitrogens with one attached hydrogen (secondary N) is 1. The van der Waals surface area contributed by atoms with E-state index in [4.69, 9.17) is 4.74 Å². The maximum Gasteiger partial charge on any atom is 0.225 e. The third-order valence-corrected chi connectivity index (χ3v) is 7.75. The van der Waals surface area contributed by atoms with E-state index >= 15 is 0 Å². The molecule has 1 saturated carbocycles. The number of rotatable bonds is 7. The second-order valence-electron chi connectivity index (χ2n) is 7.42. The number of likely N-dealkylation sites (tertiary alicyclic amines) is 1. The van der Waals surface area contributed by atoms with Gasteiger partial charge in [-0.15, -0.1) is 11.3 Å². The number of ether oxygens (including phenoxy) is 1. The summed E-state index contributed by atoms with van der Waals surface area (Å²) >= 11 is 3.60. The second kappa shape index (κ2) is 9.89. The van der Waals surface area contributed by atoms with Crippen LogP contribution in [0, 0.1) is 12.8 Å². The third-order valence-electron chi connectivity index (χ3n) is 5.32. The highest BCUT2D eigenvalue weighted by Gasteiger charge is 2.32. The van der Waals surface area contributed by atoms with Gasteiger partial charge in [0.25, 0.3) is 0 Å². The molecule has 2 amide bonds. The highest BCUT2D eigenvalue weighted by Crippen LogP contribution is 2.35. The fraction of sp³-hybridized carbons (Fsp3) is 0.737. The molecule has 0 radical (unpaired) electrons. The minimum atomic E-state index is -0.0926. The number of methoxy groups -OCH3 is 1. The molecule has 1 aliphatic carbocycles. The lowest BCUT2D eigenvalue weighted by Crippen LogP contribution is -2.49. The predicted octanol–water partition coefficient (Wildman–Crippen LogP) is 2.86. The van der Waals surface area contributed by atoms with Gasteiger partial charge in [0.1, 0.15) is 4.34 Å². The lowest BCUT2D eigenvalue weighted by atomic mass is 9.92. The Morgan fingerprint density at radius 2 is 2.15 bits per heavy atom. The molecule has 1 aromatic heterocycles. The molecule has 1 aliphatic heterocycles. The molecule has 1 unspecified atom stereocenters. The predicted molar refractivity (Wildman–Crippen MR) is 108 cm³/mol. The number of aromatic nitrogens is 1. The summed E-state index contributed by atoms with van der Waals surface area (Å²) < 4.78 is 6.22. The molecule has 8 heteroatoms. The topological polar surface area (TPSA) is 71.5 Å². The summed E-state index contributed by atoms with van der Waals surface area (Å²) in [5.41, 5.74) is 1.09. The van der Waals surface area contributed by atoms with Gasteiger partial charge in [0, 0.05) is 49.0 Å². The summed E-state index contributed by atoms with van der Waals surface area (Å²) in [6, 6.07) is 0.262. The average molecular weight is 412 g/mol. The zero-order valence-corrected chi connectivity index (χ0v) is 17.7. The van der Waals surface area contributed by atoms with Crippen LogP contribution in [0.3, 0.4) is 0 Å². The molecule has 1 atom stereocenters. The maximum atomic E-state index is 12.7. The van der Waals surface area contributed by atoms with Crippen LogP contribution >= 0.6 is 23.1 Å². The summed E-state index contributed by atoms with van der Waals surface area (Å²) in [5.74, 6) is 0.146. The normalized spacial score (nSPS) is 26.2. The van der Waals surface area contributed by atoms with Crippen LogP contribution in [0.1, 0.15) is 44.2 Å². The van der Waals surface area contributed by atoms with Crippen molar-refractivity contribution in [2.75, 3.05) is 26.8 Å². The van der Waals surface area contributed by atoms with Crippen LogP contribution in [0.25, 0.3) is 0 Å². The van der Waals surface area contributed by atoms with Crippen molar-refractivity contribution < 1.29 is 14.3 Å². The van der Waals surface area contributed by atoms with Crippen molar-refractivity contribution in [1.82, 2.24) is 15.2 Å². The van der Waals surface area contributed by atoms with Crippen molar-refractivity contribution in [2.45, 2.75) is 61.1 Å². The fourth-order valence-corrected chi connectivity index (χ4v) is 6.00. The Kier molecular flexibility index (Phi) is 7.55. The van der Waals surface area contributed by atoms with Gasteiger partial charge in [-0.1, -0.05) is 11.8 Å². The number of hydrogen-bond acceptors (Lipinski definition) is 6. The van der Waals surface area contributed by atoms with Crippen LogP contribution in [0.2, 0.25) is 0 Å². The SMILES string of the molecule is COCCN1CC(C(=O)NC2CCC(Sc3nc(C)cs3)CC2)CCC1=O. The van der Waals surface area contributed by atoms with E-state index in [1.165, 1.54) is 0 Å². The van der Waals surface area contributed by atoms with Crippen molar-refractivity contribution in [3.8, 4) is 0 Å². The van der Waals surface area contributed by atoms with E-state index in [-0.39, 0.29) is 23.8 Å². The monoisotopic (exact) mass is 411 g/mol. The molecule has 0 aromatic carbocycles. The van der Waals surface area contributed by atoms with E-state index in [9.17, 15) is 9.59 Å². The molecule has 27 heavy (non-hydrogen) atoms. The van der Waals surface area contributed by atoms with Crippen molar-refractivity contribution in [3.63, 3.8) is 0 Å². The molecule has 2 fully saturated rings. The third kappa shape index (κ3) is 5.93. The molecule has 0 spiro atoms. The second-order valence-corrected chi connectivity index (χ2v) is 9.83. The molecule has 1 aromatic rings. The maximum absolute atomic E-state index is 12.7. The number of carbonyl (C=O) groups excluding carboxylic acids is 2. The van der Waals surface area contributed by atoms with Crippen molar-refractivity contribution in [1.29, 1.82) is 0 Å². The highest BCUT2D eigenvalue weighted by atomic mass is 32.2. The number of aryl methyl sites for hydroxylation is 1. The molecule has 2 aliphatic rings. The quantitative estimate of drug-likeness (QED) is 0.747. The van der Waals surface area contributed by atoms with E-state index in [0.717, 1.165) is 35.7 Å². The minimum Gasteiger partial charge on any atom is -0.383 e.